The number of benzene rings is 1. The van der Waals surface area contributed by atoms with Gasteiger partial charge in [0.2, 0.25) is 0 Å². The highest BCUT2D eigenvalue weighted by atomic mass is 16.5. The smallest absolute Gasteiger partial charge is 0.251 e. The van der Waals surface area contributed by atoms with Gasteiger partial charge in [-0.15, -0.1) is 0 Å². The lowest BCUT2D eigenvalue weighted by molar-refractivity contribution is 0.0928. The van der Waals surface area contributed by atoms with Crippen molar-refractivity contribution in [3.8, 4) is 5.75 Å². The van der Waals surface area contributed by atoms with E-state index >= 15 is 0 Å². The maximum Gasteiger partial charge on any atom is 0.251 e. The Morgan fingerprint density at radius 1 is 1.39 bits per heavy atom. The fourth-order valence-corrected chi connectivity index (χ4v) is 2.20. The second-order valence-electron chi connectivity index (χ2n) is 4.68. The molecule has 0 spiro atoms. The van der Waals surface area contributed by atoms with Crippen molar-refractivity contribution >= 4 is 5.91 Å². The molecule has 18 heavy (non-hydrogen) atoms. The molecule has 0 radical (unpaired) electrons. The summed E-state index contributed by atoms with van der Waals surface area (Å²) in [6, 6.07) is 5.86. The molecule has 0 bridgehead atoms. The lowest BCUT2D eigenvalue weighted by Gasteiger charge is -2.24. The minimum Gasteiger partial charge on any atom is -0.497 e. The lowest BCUT2D eigenvalue weighted by atomic mass is 10.0. The molecule has 0 saturated carbocycles. The SMILES string of the molecule is COc1ccc(C)c(C(=O)NC2CCNCC2)c1. The third-order valence-electron chi connectivity index (χ3n) is 3.36. The summed E-state index contributed by atoms with van der Waals surface area (Å²) >= 11 is 0. The molecule has 4 nitrogen and oxygen atoms in total. The summed E-state index contributed by atoms with van der Waals surface area (Å²) in [5, 5.41) is 6.38. The minimum atomic E-state index is -0.00157. The van der Waals surface area contributed by atoms with E-state index < -0.39 is 0 Å². The average Bonchev–Trinajstić information content (AvgIpc) is 2.40. The Hall–Kier alpha value is -1.55. The van der Waals surface area contributed by atoms with Gasteiger partial charge in [-0.2, -0.15) is 0 Å². The van der Waals surface area contributed by atoms with Crippen LogP contribution < -0.4 is 15.4 Å². The molecule has 0 atom stereocenters. The highest BCUT2D eigenvalue weighted by Crippen LogP contribution is 2.17. The molecule has 2 N–H and O–H groups in total. The van der Waals surface area contributed by atoms with Gasteiger partial charge in [0.1, 0.15) is 5.75 Å². The number of hydrogen-bond acceptors (Lipinski definition) is 3. The zero-order chi connectivity index (χ0) is 13.0. The molecule has 1 aliphatic heterocycles. The average molecular weight is 248 g/mol. The topological polar surface area (TPSA) is 50.4 Å². The molecule has 0 unspecified atom stereocenters. The van der Waals surface area contributed by atoms with E-state index in [4.69, 9.17) is 4.74 Å². The van der Waals surface area contributed by atoms with E-state index in [0.717, 1.165) is 37.2 Å². The van der Waals surface area contributed by atoms with Gasteiger partial charge in [0, 0.05) is 11.6 Å². The minimum absolute atomic E-state index is 0.00157. The molecular formula is C14H20N2O2. The summed E-state index contributed by atoms with van der Waals surface area (Å²) in [4.78, 5) is 12.2. The van der Waals surface area contributed by atoms with Crippen LogP contribution in [-0.2, 0) is 0 Å². The Morgan fingerprint density at radius 2 is 2.11 bits per heavy atom. The molecule has 1 fully saturated rings. The molecule has 1 heterocycles. The van der Waals surface area contributed by atoms with Gasteiger partial charge in [-0.1, -0.05) is 6.07 Å². The molecule has 1 amide bonds. The van der Waals surface area contributed by atoms with Gasteiger partial charge >= 0.3 is 0 Å². The molecular weight excluding hydrogens is 228 g/mol. The number of carbonyl (C=O) groups is 1. The van der Waals surface area contributed by atoms with Crippen molar-refractivity contribution in [3.63, 3.8) is 0 Å². The Kier molecular flexibility index (Phi) is 4.20. The van der Waals surface area contributed by atoms with Gasteiger partial charge in [0.15, 0.2) is 0 Å². The van der Waals surface area contributed by atoms with E-state index in [2.05, 4.69) is 10.6 Å². The Morgan fingerprint density at radius 3 is 2.78 bits per heavy atom. The summed E-state index contributed by atoms with van der Waals surface area (Å²) < 4.78 is 5.16. The number of carbonyl (C=O) groups excluding carboxylic acids is 1. The number of methoxy groups -OCH3 is 1. The molecule has 2 rings (SSSR count). The van der Waals surface area contributed by atoms with Crippen molar-refractivity contribution in [2.75, 3.05) is 20.2 Å². The normalized spacial score (nSPS) is 16.3. The zero-order valence-corrected chi connectivity index (χ0v) is 11.0. The number of piperidine rings is 1. The summed E-state index contributed by atoms with van der Waals surface area (Å²) in [5.74, 6) is 0.717. The highest BCUT2D eigenvalue weighted by molar-refractivity contribution is 5.96. The van der Waals surface area contributed by atoms with E-state index in [0.29, 0.717) is 5.56 Å². The second-order valence-corrected chi connectivity index (χ2v) is 4.68. The Balaban J connectivity index is 2.07. The fourth-order valence-electron chi connectivity index (χ4n) is 2.20. The van der Waals surface area contributed by atoms with E-state index in [1.54, 1.807) is 13.2 Å². The molecule has 4 heteroatoms. The Labute approximate surface area is 108 Å². The molecule has 1 aromatic rings. The summed E-state index contributed by atoms with van der Waals surface area (Å²) in [6.07, 6.45) is 1.99. The van der Waals surface area contributed by atoms with Crippen LogP contribution in [0.4, 0.5) is 0 Å². The van der Waals surface area contributed by atoms with Crippen LogP contribution in [0.2, 0.25) is 0 Å². The van der Waals surface area contributed by atoms with E-state index in [-0.39, 0.29) is 11.9 Å². The number of rotatable bonds is 3. The number of amides is 1. The van der Waals surface area contributed by atoms with Crippen LogP contribution in [0, 0.1) is 6.92 Å². The van der Waals surface area contributed by atoms with Crippen LogP contribution >= 0.6 is 0 Å². The fraction of sp³-hybridized carbons (Fsp3) is 0.500. The van der Waals surface area contributed by atoms with Crippen LogP contribution in [0.3, 0.4) is 0 Å². The van der Waals surface area contributed by atoms with Gasteiger partial charge in [-0.25, -0.2) is 0 Å². The van der Waals surface area contributed by atoms with Crippen LogP contribution in [0.1, 0.15) is 28.8 Å². The van der Waals surface area contributed by atoms with E-state index in [9.17, 15) is 4.79 Å². The van der Waals surface area contributed by atoms with Gasteiger partial charge in [0.05, 0.1) is 7.11 Å². The lowest BCUT2D eigenvalue weighted by Crippen LogP contribution is -2.42. The van der Waals surface area contributed by atoms with E-state index in [1.807, 2.05) is 19.1 Å². The van der Waals surface area contributed by atoms with Gasteiger partial charge < -0.3 is 15.4 Å². The van der Waals surface area contributed by atoms with Crippen molar-refractivity contribution in [2.24, 2.45) is 0 Å². The number of aryl methyl sites for hydroxylation is 1. The largest absolute Gasteiger partial charge is 0.497 e. The first-order valence-electron chi connectivity index (χ1n) is 6.37. The molecule has 1 saturated heterocycles. The monoisotopic (exact) mass is 248 g/mol. The quantitative estimate of drug-likeness (QED) is 0.852. The Bertz CT molecular complexity index is 426. The second kappa shape index (κ2) is 5.87. The zero-order valence-electron chi connectivity index (χ0n) is 11.0. The predicted molar refractivity (Wildman–Crippen MR) is 71.1 cm³/mol. The van der Waals surface area contributed by atoms with Crippen LogP contribution in [0.25, 0.3) is 0 Å². The molecule has 1 aromatic carbocycles. The summed E-state index contributed by atoms with van der Waals surface area (Å²) in [7, 11) is 1.61. The first-order valence-corrected chi connectivity index (χ1v) is 6.37. The predicted octanol–water partition coefficient (Wildman–Crippen LogP) is 1.49. The number of hydrogen-bond donors (Lipinski definition) is 2. The van der Waals surface area contributed by atoms with Gasteiger partial charge in [0.25, 0.3) is 5.91 Å². The van der Waals surface area contributed by atoms with E-state index in [1.165, 1.54) is 0 Å². The molecule has 98 valence electrons. The molecule has 1 aliphatic rings. The standard InChI is InChI=1S/C14H20N2O2/c1-10-3-4-12(18-2)9-13(10)14(17)16-11-5-7-15-8-6-11/h3-4,9,11,15H,5-8H2,1-2H3,(H,16,17). The van der Waals surface area contributed by atoms with Crippen molar-refractivity contribution in [2.45, 2.75) is 25.8 Å². The summed E-state index contributed by atoms with van der Waals surface area (Å²) in [6.45, 7) is 3.89. The van der Waals surface area contributed by atoms with Crippen molar-refractivity contribution in [1.29, 1.82) is 0 Å². The molecule has 0 aromatic heterocycles. The van der Waals surface area contributed by atoms with Crippen molar-refractivity contribution < 1.29 is 9.53 Å². The summed E-state index contributed by atoms with van der Waals surface area (Å²) in [5.41, 5.74) is 1.68. The van der Waals surface area contributed by atoms with Crippen LogP contribution in [0.15, 0.2) is 18.2 Å². The van der Waals surface area contributed by atoms with Crippen LogP contribution in [0.5, 0.6) is 5.75 Å². The number of ether oxygens (including phenoxy) is 1. The van der Waals surface area contributed by atoms with Gasteiger partial charge in [-0.3, -0.25) is 4.79 Å². The maximum absolute atomic E-state index is 12.2. The van der Waals surface area contributed by atoms with Gasteiger partial charge in [-0.05, 0) is 50.6 Å². The third kappa shape index (κ3) is 3.01. The van der Waals surface area contributed by atoms with Crippen LogP contribution in [-0.4, -0.2) is 32.1 Å². The molecule has 0 aliphatic carbocycles. The highest BCUT2D eigenvalue weighted by Gasteiger charge is 2.17. The third-order valence-corrected chi connectivity index (χ3v) is 3.36. The number of nitrogens with one attached hydrogen (secondary N) is 2. The van der Waals surface area contributed by atoms with Crippen molar-refractivity contribution in [3.05, 3.63) is 29.3 Å². The first kappa shape index (κ1) is 12.9. The van der Waals surface area contributed by atoms with Crippen molar-refractivity contribution in [1.82, 2.24) is 10.6 Å². The first-order chi connectivity index (χ1) is 8.70. The maximum atomic E-state index is 12.2.